The summed E-state index contributed by atoms with van der Waals surface area (Å²) in [6, 6.07) is 0.351. The van der Waals surface area contributed by atoms with E-state index in [0.29, 0.717) is 17.9 Å². The van der Waals surface area contributed by atoms with Crippen LogP contribution in [0.1, 0.15) is 32.1 Å². The Bertz CT molecular complexity index is 250. The van der Waals surface area contributed by atoms with Crippen molar-refractivity contribution in [2.75, 3.05) is 0 Å². The fraction of sp³-hybridized carbons (Fsp3) is 0.909. The van der Waals surface area contributed by atoms with Gasteiger partial charge in [0, 0.05) is 6.04 Å². The smallest absolute Gasteiger partial charge is 0.207 e. The number of aliphatic hydroxyl groups is 1. The van der Waals surface area contributed by atoms with Gasteiger partial charge in [0.15, 0.2) is 0 Å². The van der Waals surface area contributed by atoms with Gasteiger partial charge in [-0.3, -0.25) is 4.79 Å². The first-order chi connectivity index (χ1) is 6.70. The SMILES string of the molecule is O=CNC1C2CC3CC1CC(O)(C3)C2. The van der Waals surface area contributed by atoms with Gasteiger partial charge in [0.1, 0.15) is 0 Å². The van der Waals surface area contributed by atoms with Crippen LogP contribution in [0, 0.1) is 17.8 Å². The largest absolute Gasteiger partial charge is 0.390 e. The van der Waals surface area contributed by atoms with Crippen LogP contribution < -0.4 is 5.32 Å². The van der Waals surface area contributed by atoms with Gasteiger partial charge in [0.25, 0.3) is 0 Å². The summed E-state index contributed by atoms with van der Waals surface area (Å²) in [5.41, 5.74) is -0.377. The highest BCUT2D eigenvalue weighted by Gasteiger charge is 2.54. The molecular weight excluding hydrogens is 178 g/mol. The molecule has 0 aromatic rings. The number of rotatable bonds is 2. The lowest BCUT2D eigenvalue weighted by atomic mass is 9.52. The predicted octanol–water partition coefficient (Wildman–Crippen LogP) is 0.672. The second-order valence-electron chi connectivity index (χ2n) is 5.50. The summed E-state index contributed by atoms with van der Waals surface area (Å²) in [6.07, 6.45) is 6.08. The minimum atomic E-state index is -0.377. The molecule has 0 spiro atoms. The molecule has 2 unspecified atom stereocenters. The number of carbonyl (C=O) groups is 1. The van der Waals surface area contributed by atoms with Crippen molar-refractivity contribution in [2.24, 2.45) is 17.8 Å². The number of amides is 1. The molecule has 0 saturated heterocycles. The van der Waals surface area contributed by atoms with Crippen molar-refractivity contribution in [2.45, 2.75) is 43.7 Å². The summed E-state index contributed by atoms with van der Waals surface area (Å²) in [5, 5.41) is 13.2. The van der Waals surface area contributed by atoms with E-state index in [1.54, 1.807) is 0 Å². The normalized spacial score (nSPS) is 54.6. The molecule has 4 fully saturated rings. The molecule has 0 aromatic heterocycles. The van der Waals surface area contributed by atoms with Gasteiger partial charge < -0.3 is 10.4 Å². The van der Waals surface area contributed by atoms with Crippen LogP contribution in [-0.4, -0.2) is 23.2 Å². The fourth-order valence-corrected chi connectivity index (χ4v) is 4.33. The molecule has 3 heteroatoms. The number of carbonyl (C=O) groups excluding carboxylic acids is 1. The van der Waals surface area contributed by atoms with E-state index in [9.17, 15) is 9.90 Å². The van der Waals surface area contributed by atoms with Gasteiger partial charge in [-0.25, -0.2) is 0 Å². The lowest BCUT2D eigenvalue weighted by Crippen LogP contribution is -2.60. The molecule has 4 rings (SSSR count). The van der Waals surface area contributed by atoms with Crippen LogP contribution in [0.25, 0.3) is 0 Å². The molecule has 1 amide bonds. The maximum Gasteiger partial charge on any atom is 0.207 e. The third-order valence-electron chi connectivity index (χ3n) is 4.50. The molecule has 4 bridgehead atoms. The molecule has 2 N–H and O–H groups in total. The van der Waals surface area contributed by atoms with Gasteiger partial charge in [-0.05, 0) is 49.9 Å². The van der Waals surface area contributed by atoms with Gasteiger partial charge in [-0.1, -0.05) is 0 Å². The van der Waals surface area contributed by atoms with Gasteiger partial charge in [0.05, 0.1) is 5.60 Å². The van der Waals surface area contributed by atoms with E-state index in [0.717, 1.165) is 31.6 Å². The van der Waals surface area contributed by atoms with Crippen molar-refractivity contribution in [3.63, 3.8) is 0 Å². The summed E-state index contributed by atoms with van der Waals surface area (Å²) in [4.78, 5) is 10.5. The molecule has 4 aliphatic rings. The topological polar surface area (TPSA) is 49.3 Å². The molecule has 0 aromatic carbocycles. The molecule has 0 heterocycles. The van der Waals surface area contributed by atoms with E-state index in [1.165, 1.54) is 12.8 Å². The van der Waals surface area contributed by atoms with Gasteiger partial charge in [0.2, 0.25) is 6.41 Å². The lowest BCUT2D eigenvalue weighted by Gasteiger charge is -2.57. The Morgan fingerprint density at radius 2 is 1.86 bits per heavy atom. The standard InChI is InChI=1S/C11H17NO2/c13-6-12-10-8-1-7-2-9(10)5-11(14,3-7)4-8/h6-10,14H,1-5H2,(H,12,13). The first-order valence-corrected chi connectivity index (χ1v) is 5.62. The molecule has 2 atom stereocenters. The van der Waals surface area contributed by atoms with E-state index in [4.69, 9.17) is 0 Å². The quantitative estimate of drug-likeness (QED) is 0.636. The van der Waals surface area contributed by atoms with E-state index >= 15 is 0 Å². The minimum Gasteiger partial charge on any atom is -0.390 e. The molecule has 14 heavy (non-hydrogen) atoms. The zero-order valence-corrected chi connectivity index (χ0v) is 8.28. The summed E-state index contributed by atoms with van der Waals surface area (Å²) in [5.74, 6) is 1.80. The molecule has 4 saturated carbocycles. The van der Waals surface area contributed by atoms with Crippen LogP contribution in [0.15, 0.2) is 0 Å². The highest BCUT2D eigenvalue weighted by atomic mass is 16.3. The van der Waals surface area contributed by atoms with Crippen LogP contribution in [0.3, 0.4) is 0 Å². The summed E-state index contributed by atoms with van der Waals surface area (Å²) in [6.45, 7) is 0. The predicted molar refractivity (Wildman–Crippen MR) is 51.5 cm³/mol. The Labute approximate surface area is 83.9 Å². The van der Waals surface area contributed by atoms with Crippen molar-refractivity contribution in [3.05, 3.63) is 0 Å². The second-order valence-corrected chi connectivity index (χ2v) is 5.50. The Balaban J connectivity index is 1.85. The van der Waals surface area contributed by atoms with Gasteiger partial charge in [-0.2, -0.15) is 0 Å². The van der Waals surface area contributed by atoms with E-state index in [-0.39, 0.29) is 5.60 Å². The highest BCUT2D eigenvalue weighted by Crippen LogP contribution is 2.55. The molecule has 3 nitrogen and oxygen atoms in total. The maximum absolute atomic E-state index is 10.5. The third kappa shape index (κ3) is 1.11. The summed E-state index contributed by atoms with van der Waals surface area (Å²) < 4.78 is 0. The molecule has 78 valence electrons. The number of nitrogens with one attached hydrogen (secondary N) is 1. The zero-order valence-electron chi connectivity index (χ0n) is 8.28. The van der Waals surface area contributed by atoms with Gasteiger partial charge >= 0.3 is 0 Å². The zero-order chi connectivity index (χ0) is 9.76. The van der Waals surface area contributed by atoms with Crippen LogP contribution in [0.4, 0.5) is 0 Å². The van der Waals surface area contributed by atoms with E-state index in [1.807, 2.05) is 0 Å². The Kier molecular flexibility index (Phi) is 1.69. The average Bonchev–Trinajstić information content (AvgIpc) is 2.08. The Morgan fingerprint density at radius 1 is 1.21 bits per heavy atom. The van der Waals surface area contributed by atoms with Crippen molar-refractivity contribution in [1.82, 2.24) is 5.32 Å². The van der Waals surface area contributed by atoms with Crippen LogP contribution >= 0.6 is 0 Å². The fourth-order valence-electron chi connectivity index (χ4n) is 4.33. The lowest BCUT2D eigenvalue weighted by molar-refractivity contribution is -0.142. The molecule has 0 aliphatic heterocycles. The van der Waals surface area contributed by atoms with E-state index < -0.39 is 0 Å². The third-order valence-corrected chi connectivity index (χ3v) is 4.50. The van der Waals surface area contributed by atoms with Crippen LogP contribution in [-0.2, 0) is 4.79 Å². The molecular formula is C11H17NO2. The summed E-state index contributed by atoms with van der Waals surface area (Å²) >= 11 is 0. The second kappa shape index (κ2) is 2.72. The number of hydrogen-bond donors (Lipinski definition) is 2. The van der Waals surface area contributed by atoms with E-state index in [2.05, 4.69) is 5.32 Å². The van der Waals surface area contributed by atoms with Crippen molar-refractivity contribution >= 4 is 6.41 Å². The minimum absolute atomic E-state index is 0.351. The Hall–Kier alpha value is -0.570. The highest BCUT2D eigenvalue weighted by molar-refractivity contribution is 5.47. The molecule has 0 radical (unpaired) electrons. The van der Waals surface area contributed by atoms with Crippen molar-refractivity contribution < 1.29 is 9.90 Å². The first-order valence-electron chi connectivity index (χ1n) is 5.62. The Morgan fingerprint density at radius 3 is 2.36 bits per heavy atom. The van der Waals surface area contributed by atoms with Gasteiger partial charge in [-0.15, -0.1) is 0 Å². The number of hydrogen-bond acceptors (Lipinski definition) is 2. The maximum atomic E-state index is 10.5. The monoisotopic (exact) mass is 195 g/mol. The van der Waals surface area contributed by atoms with Crippen LogP contribution in [0.5, 0.6) is 0 Å². The van der Waals surface area contributed by atoms with Crippen molar-refractivity contribution in [1.29, 1.82) is 0 Å². The molecule has 4 aliphatic carbocycles. The first kappa shape index (κ1) is 8.72. The average molecular weight is 195 g/mol. The summed E-state index contributed by atoms with van der Waals surface area (Å²) in [7, 11) is 0. The van der Waals surface area contributed by atoms with Crippen LogP contribution in [0.2, 0.25) is 0 Å². The van der Waals surface area contributed by atoms with Crippen molar-refractivity contribution in [3.8, 4) is 0 Å².